The normalized spacial score (nSPS) is 14.8. The molecule has 1 atom stereocenters. The average molecular weight is 217 g/mol. The fourth-order valence-corrected chi connectivity index (χ4v) is 1.41. The molecule has 0 aliphatic heterocycles. The number of hydrogen-bond donors (Lipinski definition) is 1. The lowest BCUT2D eigenvalue weighted by Gasteiger charge is -2.25. The number of hydrogen-bond acceptors (Lipinski definition) is 2. The van der Waals surface area contributed by atoms with Crippen molar-refractivity contribution in [2.24, 2.45) is 5.92 Å². The highest BCUT2D eigenvalue weighted by Gasteiger charge is 2.16. The molecule has 14 heavy (non-hydrogen) atoms. The molecule has 0 amide bonds. The van der Waals surface area contributed by atoms with Crippen LogP contribution in [0.3, 0.4) is 0 Å². The molecule has 0 rings (SSSR count). The van der Waals surface area contributed by atoms with E-state index in [0.29, 0.717) is 10.8 Å². The van der Waals surface area contributed by atoms with Gasteiger partial charge in [-0.05, 0) is 45.8 Å². The molecule has 1 nitrogen and oxygen atoms in total. The molecular formula is C12H27NS. The highest BCUT2D eigenvalue weighted by molar-refractivity contribution is 7.99. The Bertz CT molecular complexity index is 143. The summed E-state index contributed by atoms with van der Waals surface area (Å²) in [6, 6.07) is 0.656. The summed E-state index contributed by atoms with van der Waals surface area (Å²) in [5.74, 6) is 0.827. The predicted molar refractivity (Wildman–Crippen MR) is 69.1 cm³/mol. The van der Waals surface area contributed by atoms with Gasteiger partial charge < -0.3 is 5.32 Å². The summed E-state index contributed by atoms with van der Waals surface area (Å²) in [6.45, 7) is 12.6. The quantitative estimate of drug-likeness (QED) is 0.700. The summed E-state index contributed by atoms with van der Waals surface area (Å²) >= 11 is 1.93. The summed E-state index contributed by atoms with van der Waals surface area (Å²) in [6.07, 6.45) is 4.80. The predicted octanol–water partition coefficient (Wildman–Crippen LogP) is 3.54. The van der Waals surface area contributed by atoms with Crippen LogP contribution in [0.2, 0.25) is 0 Å². The van der Waals surface area contributed by atoms with E-state index in [1.807, 2.05) is 11.8 Å². The highest BCUT2D eigenvalue weighted by atomic mass is 32.2. The van der Waals surface area contributed by atoms with Crippen LogP contribution in [0.25, 0.3) is 0 Å². The van der Waals surface area contributed by atoms with Crippen molar-refractivity contribution in [3.8, 4) is 0 Å². The van der Waals surface area contributed by atoms with Crippen LogP contribution >= 0.6 is 11.8 Å². The van der Waals surface area contributed by atoms with Gasteiger partial charge in [-0.25, -0.2) is 0 Å². The Morgan fingerprint density at radius 1 is 1.14 bits per heavy atom. The number of thioether (sulfide) groups is 1. The van der Waals surface area contributed by atoms with Crippen molar-refractivity contribution in [2.75, 3.05) is 12.8 Å². The minimum absolute atomic E-state index is 0.367. The summed E-state index contributed by atoms with van der Waals surface area (Å²) in [5, 5.41) is 3.61. The lowest BCUT2D eigenvalue weighted by Crippen LogP contribution is -2.37. The third-order valence-corrected chi connectivity index (χ3v) is 3.86. The van der Waals surface area contributed by atoms with Crippen molar-refractivity contribution in [1.82, 2.24) is 5.32 Å². The van der Waals surface area contributed by atoms with Gasteiger partial charge in [0.05, 0.1) is 0 Å². The van der Waals surface area contributed by atoms with Crippen molar-refractivity contribution >= 4 is 11.8 Å². The van der Waals surface area contributed by atoms with Gasteiger partial charge in [-0.2, -0.15) is 11.8 Å². The van der Waals surface area contributed by atoms with Crippen LogP contribution in [0.5, 0.6) is 0 Å². The van der Waals surface area contributed by atoms with E-state index in [0.717, 1.165) is 12.5 Å². The summed E-state index contributed by atoms with van der Waals surface area (Å²) < 4.78 is 0.367. The van der Waals surface area contributed by atoms with Gasteiger partial charge in [0.2, 0.25) is 0 Å². The van der Waals surface area contributed by atoms with Gasteiger partial charge in [-0.3, -0.25) is 0 Å². The molecule has 0 aliphatic rings. The maximum atomic E-state index is 3.61. The minimum atomic E-state index is 0.367. The summed E-state index contributed by atoms with van der Waals surface area (Å²) in [4.78, 5) is 0. The molecule has 0 aromatic heterocycles. The second kappa shape index (κ2) is 6.73. The molecule has 86 valence electrons. The zero-order valence-corrected chi connectivity index (χ0v) is 11.5. The fraction of sp³-hybridized carbons (Fsp3) is 1.00. The number of rotatable bonds is 7. The molecule has 1 N–H and O–H groups in total. The van der Waals surface area contributed by atoms with Crippen LogP contribution in [0.1, 0.15) is 47.5 Å². The lowest BCUT2D eigenvalue weighted by molar-refractivity contribution is 0.437. The Morgan fingerprint density at radius 2 is 1.71 bits per heavy atom. The molecule has 0 fully saturated rings. The van der Waals surface area contributed by atoms with E-state index >= 15 is 0 Å². The SMILES string of the molecule is CSC(C)(C)CNC(C)CCC(C)C. The average Bonchev–Trinajstić information content (AvgIpc) is 2.11. The van der Waals surface area contributed by atoms with Crippen LogP contribution in [-0.2, 0) is 0 Å². The zero-order chi connectivity index (χ0) is 11.2. The van der Waals surface area contributed by atoms with Crippen molar-refractivity contribution in [1.29, 1.82) is 0 Å². The van der Waals surface area contributed by atoms with Gasteiger partial charge in [0.15, 0.2) is 0 Å². The first kappa shape index (κ1) is 14.3. The van der Waals surface area contributed by atoms with Crippen LogP contribution in [0, 0.1) is 5.92 Å². The first-order chi connectivity index (χ1) is 6.37. The molecule has 0 bridgehead atoms. The minimum Gasteiger partial charge on any atom is -0.313 e. The van der Waals surface area contributed by atoms with E-state index in [1.54, 1.807) is 0 Å². The second-order valence-electron chi connectivity index (χ2n) is 5.22. The van der Waals surface area contributed by atoms with Crippen molar-refractivity contribution in [2.45, 2.75) is 58.2 Å². The standard InChI is InChI=1S/C12H27NS/c1-10(2)7-8-11(3)13-9-12(4,5)14-6/h10-11,13H,7-9H2,1-6H3. The van der Waals surface area contributed by atoms with Gasteiger partial charge in [-0.1, -0.05) is 13.8 Å². The molecule has 0 aliphatic carbocycles. The first-order valence-electron chi connectivity index (χ1n) is 5.66. The summed E-state index contributed by atoms with van der Waals surface area (Å²) in [5.41, 5.74) is 0. The van der Waals surface area contributed by atoms with E-state index < -0.39 is 0 Å². The van der Waals surface area contributed by atoms with E-state index in [9.17, 15) is 0 Å². The van der Waals surface area contributed by atoms with E-state index in [1.165, 1.54) is 12.8 Å². The van der Waals surface area contributed by atoms with Gasteiger partial charge in [0.1, 0.15) is 0 Å². The van der Waals surface area contributed by atoms with Crippen molar-refractivity contribution < 1.29 is 0 Å². The largest absolute Gasteiger partial charge is 0.313 e. The van der Waals surface area contributed by atoms with E-state index in [-0.39, 0.29) is 0 Å². The van der Waals surface area contributed by atoms with Crippen molar-refractivity contribution in [3.63, 3.8) is 0 Å². The Kier molecular flexibility index (Phi) is 6.88. The zero-order valence-electron chi connectivity index (χ0n) is 10.7. The number of nitrogens with one attached hydrogen (secondary N) is 1. The van der Waals surface area contributed by atoms with Crippen LogP contribution in [-0.4, -0.2) is 23.6 Å². The monoisotopic (exact) mass is 217 g/mol. The first-order valence-corrected chi connectivity index (χ1v) is 6.88. The molecule has 0 saturated heterocycles. The summed E-state index contributed by atoms with van der Waals surface area (Å²) in [7, 11) is 0. The second-order valence-corrected chi connectivity index (χ2v) is 6.73. The molecule has 1 unspecified atom stereocenters. The van der Waals surface area contributed by atoms with E-state index in [2.05, 4.69) is 46.2 Å². The Labute approximate surface area is 94.4 Å². The van der Waals surface area contributed by atoms with Gasteiger partial charge in [0.25, 0.3) is 0 Å². The maximum absolute atomic E-state index is 3.61. The van der Waals surface area contributed by atoms with Gasteiger partial charge in [0, 0.05) is 17.3 Å². The molecule has 0 aromatic rings. The molecular weight excluding hydrogens is 190 g/mol. The molecule has 0 heterocycles. The van der Waals surface area contributed by atoms with Crippen LogP contribution in [0.15, 0.2) is 0 Å². The topological polar surface area (TPSA) is 12.0 Å². The Balaban J connectivity index is 3.58. The molecule has 0 spiro atoms. The third-order valence-electron chi connectivity index (χ3n) is 2.61. The molecule has 0 radical (unpaired) electrons. The van der Waals surface area contributed by atoms with Gasteiger partial charge >= 0.3 is 0 Å². The van der Waals surface area contributed by atoms with E-state index in [4.69, 9.17) is 0 Å². The lowest BCUT2D eigenvalue weighted by atomic mass is 10.0. The highest BCUT2D eigenvalue weighted by Crippen LogP contribution is 2.20. The van der Waals surface area contributed by atoms with Crippen molar-refractivity contribution in [3.05, 3.63) is 0 Å². The van der Waals surface area contributed by atoms with Crippen LogP contribution in [0.4, 0.5) is 0 Å². The van der Waals surface area contributed by atoms with Crippen LogP contribution < -0.4 is 5.32 Å². The maximum Gasteiger partial charge on any atom is 0.0225 e. The third kappa shape index (κ3) is 7.69. The molecule has 2 heteroatoms. The molecule has 0 saturated carbocycles. The fourth-order valence-electron chi connectivity index (χ4n) is 1.18. The smallest absolute Gasteiger partial charge is 0.0225 e. The molecule has 0 aromatic carbocycles. The van der Waals surface area contributed by atoms with Gasteiger partial charge in [-0.15, -0.1) is 0 Å². The Hall–Kier alpha value is 0.310. The Morgan fingerprint density at radius 3 is 2.14 bits per heavy atom.